The average molecular weight is 418 g/mol. The van der Waals surface area contributed by atoms with Crippen molar-refractivity contribution < 1.29 is 23.8 Å². The Labute approximate surface area is 175 Å². The quantitative estimate of drug-likeness (QED) is 0.662. The number of benzene rings is 2. The number of hydrogen-bond acceptors (Lipinski definition) is 5. The highest BCUT2D eigenvalue weighted by atomic mass is 35.5. The van der Waals surface area contributed by atoms with Gasteiger partial charge in [0.2, 0.25) is 0 Å². The Kier molecular flexibility index (Phi) is 7.49. The highest BCUT2D eigenvalue weighted by molar-refractivity contribution is 6.31. The van der Waals surface area contributed by atoms with E-state index in [0.717, 1.165) is 25.0 Å². The summed E-state index contributed by atoms with van der Waals surface area (Å²) in [6.07, 6.45) is 1.26. The molecule has 6 nitrogen and oxygen atoms in total. The zero-order valence-corrected chi connectivity index (χ0v) is 17.0. The third-order valence-corrected chi connectivity index (χ3v) is 4.98. The Morgan fingerprint density at radius 3 is 2.66 bits per heavy atom. The van der Waals surface area contributed by atoms with E-state index in [9.17, 15) is 9.59 Å². The Morgan fingerprint density at radius 2 is 1.97 bits per heavy atom. The Hall–Kier alpha value is -2.57. The third kappa shape index (κ3) is 6.21. The fourth-order valence-electron chi connectivity index (χ4n) is 2.90. The fourth-order valence-corrected chi connectivity index (χ4v) is 3.10. The van der Waals surface area contributed by atoms with Gasteiger partial charge in [-0.3, -0.25) is 4.79 Å². The van der Waals surface area contributed by atoms with Crippen molar-refractivity contribution >= 4 is 23.5 Å². The summed E-state index contributed by atoms with van der Waals surface area (Å²) in [5.41, 5.74) is 1.14. The maximum absolute atomic E-state index is 12.3. The minimum absolute atomic E-state index is 0.129. The van der Waals surface area contributed by atoms with E-state index >= 15 is 0 Å². The minimum Gasteiger partial charge on any atom is -0.491 e. The number of rotatable bonds is 8. The molecule has 1 aliphatic heterocycles. The lowest BCUT2D eigenvalue weighted by molar-refractivity contribution is -0.129. The van der Waals surface area contributed by atoms with Crippen LogP contribution < -0.4 is 10.1 Å². The largest absolute Gasteiger partial charge is 0.491 e. The van der Waals surface area contributed by atoms with Gasteiger partial charge in [0.25, 0.3) is 5.91 Å². The molecule has 1 fully saturated rings. The molecule has 1 amide bonds. The minimum atomic E-state index is -0.930. The van der Waals surface area contributed by atoms with Crippen LogP contribution in [-0.4, -0.2) is 37.3 Å². The van der Waals surface area contributed by atoms with Gasteiger partial charge in [-0.15, -0.1) is 0 Å². The van der Waals surface area contributed by atoms with Crippen LogP contribution in [0.25, 0.3) is 0 Å². The van der Waals surface area contributed by atoms with E-state index in [1.165, 1.54) is 6.92 Å². The zero-order valence-electron chi connectivity index (χ0n) is 16.2. The van der Waals surface area contributed by atoms with E-state index in [4.69, 9.17) is 25.8 Å². The summed E-state index contributed by atoms with van der Waals surface area (Å²) in [5.74, 6) is -0.312. The molecule has 0 radical (unpaired) electrons. The van der Waals surface area contributed by atoms with E-state index in [0.29, 0.717) is 22.9 Å². The topological polar surface area (TPSA) is 73.9 Å². The van der Waals surface area contributed by atoms with Gasteiger partial charge < -0.3 is 19.5 Å². The molecule has 2 unspecified atom stereocenters. The van der Waals surface area contributed by atoms with Crippen LogP contribution in [0.1, 0.15) is 35.7 Å². The first-order chi connectivity index (χ1) is 14.0. The van der Waals surface area contributed by atoms with Gasteiger partial charge in [-0.05, 0) is 55.7 Å². The molecule has 1 aliphatic rings. The van der Waals surface area contributed by atoms with Gasteiger partial charge in [0.1, 0.15) is 12.4 Å². The molecule has 2 aromatic carbocycles. The highest BCUT2D eigenvalue weighted by Crippen LogP contribution is 2.18. The lowest BCUT2D eigenvalue weighted by Crippen LogP contribution is -2.35. The standard InChI is InChI=1S/C22H24ClNO5/c1-15(21(25)24-13-17-5-2-3-7-20(17)23)29-22(26)16-8-10-18(11-9-16)28-14-19-6-4-12-27-19/h2-3,5,7-11,15,19H,4,6,12-14H2,1H3,(H,24,25). The number of ether oxygens (including phenoxy) is 3. The van der Waals surface area contributed by atoms with Crippen LogP contribution in [0.15, 0.2) is 48.5 Å². The molecule has 0 saturated carbocycles. The zero-order chi connectivity index (χ0) is 20.6. The van der Waals surface area contributed by atoms with Gasteiger partial charge in [0.15, 0.2) is 6.10 Å². The SMILES string of the molecule is CC(OC(=O)c1ccc(OCC2CCCO2)cc1)C(=O)NCc1ccccc1Cl. The monoisotopic (exact) mass is 417 g/mol. The van der Waals surface area contributed by atoms with E-state index in [2.05, 4.69) is 5.32 Å². The number of halogens is 1. The molecule has 7 heteroatoms. The molecule has 1 saturated heterocycles. The van der Waals surface area contributed by atoms with Crippen LogP contribution in [-0.2, 0) is 20.8 Å². The maximum Gasteiger partial charge on any atom is 0.338 e. The van der Waals surface area contributed by atoms with Crippen LogP contribution in [0.5, 0.6) is 5.75 Å². The Balaban J connectivity index is 1.45. The highest BCUT2D eigenvalue weighted by Gasteiger charge is 2.19. The summed E-state index contributed by atoms with van der Waals surface area (Å²) in [6, 6.07) is 13.9. The number of nitrogens with one attached hydrogen (secondary N) is 1. The summed E-state index contributed by atoms with van der Waals surface area (Å²) < 4.78 is 16.4. The second-order valence-corrected chi connectivity index (χ2v) is 7.23. The van der Waals surface area contributed by atoms with Crippen LogP contribution in [0.2, 0.25) is 5.02 Å². The van der Waals surface area contributed by atoms with E-state index in [-0.39, 0.29) is 12.6 Å². The molecular formula is C22H24ClNO5. The van der Waals surface area contributed by atoms with Gasteiger partial charge in [-0.25, -0.2) is 4.79 Å². The summed E-state index contributed by atoms with van der Waals surface area (Å²) in [7, 11) is 0. The smallest absolute Gasteiger partial charge is 0.338 e. The average Bonchev–Trinajstić information content (AvgIpc) is 3.25. The van der Waals surface area contributed by atoms with Crippen molar-refractivity contribution in [2.75, 3.05) is 13.2 Å². The van der Waals surface area contributed by atoms with Gasteiger partial charge in [-0.1, -0.05) is 29.8 Å². The van der Waals surface area contributed by atoms with Crippen LogP contribution in [0, 0.1) is 0 Å². The molecule has 0 spiro atoms. The second-order valence-electron chi connectivity index (χ2n) is 6.83. The lowest BCUT2D eigenvalue weighted by Gasteiger charge is -2.14. The first kappa shape index (κ1) is 21.1. The van der Waals surface area contributed by atoms with Gasteiger partial charge in [-0.2, -0.15) is 0 Å². The van der Waals surface area contributed by atoms with Crippen LogP contribution in [0.4, 0.5) is 0 Å². The van der Waals surface area contributed by atoms with Crippen molar-refractivity contribution in [3.63, 3.8) is 0 Å². The summed E-state index contributed by atoms with van der Waals surface area (Å²) in [4.78, 5) is 24.5. The normalized spacial score (nSPS) is 16.8. The van der Waals surface area contributed by atoms with Crippen molar-refractivity contribution in [1.29, 1.82) is 0 Å². The predicted octanol–water partition coefficient (Wildman–Crippen LogP) is 3.76. The Bertz CT molecular complexity index is 833. The van der Waals surface area contributed by atoms with Crippen molar-refractivity contribution in [2.24, 2.45) is 0 Å². The summed E-state index contributed by atoms with van der Waals surface area (Å²) in [5, 5.41) is 3.29. The van der Waals surface area contributed by atoms with Crippen LogP contribution >= 0.6 is 11.6 Å². The number of carbonyl (C=O) groups excluding carboxylic acids is 2. The van der Waals surface area contributed by atoms with E-state index < -0.39 is 18.0 Å². The number of carbonyl (C=O) groups is 2. The second kappa shape index (κ2) is 10.3. The molecule has 0 aliphatic carbocycles. The first-order valence-electron chi connectivity index (χ1n) is 9.59. The molecule has 0 bridgehead atoms. The van der Waals surface area contributed by atoms with E-state index in [1.54, 1.807) is 30.3 Å². The molecule has 1 heterocycles. The number of hydrogen-bond donors (Lipinski definition) is 1. The molecule has 29 heavy (non-hydrogen) atoms. The van der Waals surface area contributed by atoms with Gasteiger partial charge >= 0.3 is 5.97 Å². The summed E-state index contributed by atoms with van der Waals surface area (Å²) >= 11 is 6.07. The first-order valence-corrected chi connectivity index (χ1v) is 9.97. The van der Waals surface area contributed by atoms with E-state index in [1.807, 2.05) is 18.2 Å². The van der Waals surface area contributed by atoms with Crippen molar-refractivity contribution in [3.8, 4) is 5.75 Å². The van der Waals surface area contributed by atoms with Gasteiger partial charge in [0, 0.05) is 18.2 Å². The number of esters is 1. The van der Waals surface area contributed by atoms with Crippen molar-refractivity contribution in [3.05, 3.63) is 64.7 Å². The maximum atomic E-state index is 12.3. The molecule has 1 N–H and O–H groups in total. The fraction of sp³-hybridized carbons (Fsp3) is 0.364. The van der Waals surface area contributed by atoms with Crippen molar-refractivity contribution in [1.82, 2.24) is 5.32 Å². The molecule has 2 aromatic rings. The molecular weight excluding hydrogens is 394 g/mol. The molecule has 154 valence electrons. The molecule has 3 rings (SSSR count). The molecule has 2 atom stereocenters. The van der Waals surface area contributed by atoms with Gasteiger partial charge in [0.05, 0.1) is 11.7 Å². The van der Waals surface area contributed by atoms with Crippen LogP contribution in [0.3, 0.4) is 0 Å². The molecule has 0 aromatic heterocycles. The Morgan fingerprint density at radius 1 is 1.21 bits per heavy atom. The third-order valence-electron chi connectivity index (χ3n) is 4.61. The summed E-state index contributed by atoms with van der Waals surface area (Å²) in [6.45, 7) is 3.06. The predicted molar refractivity (Wildman–Crippen MR) is 109 cm³/mol. The lowest BCUT2D eigenvalue weighted by atomic mass is 10.2. The van der Waals surface area contributed by atoms with Crippen molar-refractivity contribution in [2.45, 2.75) is 38.5 Å². The number of amides is 1.